The van der Waals surface area contributed by atoms with Crippen LogP contribution in [0.3, 0.4) is 0 Å². The van der Waals surface area contributed by atoms with E-state index in [1.807, 2.05) is 13.0 Å². The number of hydrogen-bond acceptors (Lipinski definition) is 3. The predicted octanol–water partition coefficient (Wildman–Crippen LogP) is 2.80. The van der Waals surface area contributed by atoms with Crippen molar-refractivity contribution in [2.45, 2.75) is 70.8 Å². The minimum atomic E-state index is -1.36. The van der Waals surface area contributed by atoms with Crippen molar-refractivity contribution in [1.82, 2.24) is 0 Å². The molecule has 8 atom stereocenters. The lowest BCUT2D eigenvalue weighted by atomic mass is 9.47. The first-order valence-electron chi connectivity index (χ1n) is 9.04. The zero-order valence-corrected chi connectivity index (χ0v) is 14.0. The van der Waals surface area contributed by atoms with Gasteiger partial charge < -0.3 is 10.2 Å². The lowest BCUT2D eigenvalue weighted by Gasteiger charge is -2.58. The fraction of sp³-hybridized carbons (Fsp3) is 0.842. The van der Waals surface area contributed by atoms with Gasteiger partial charge in [-0.05, 0) is 49.0 Å². The summed E-state index contributed by atoms with van der Waals surface area (Å²) < 4.78 is 14.6. The first kappa shape index (κ1) is 15.8. The molecule has 3 nitrogen and oxygen atoms in total. The number of aliphatic hydroxyl groups is 2. The Bertz CT molecular complexity index is 573. The summed E-state index contributed by atoms with van der Waals surface area (Å²) >= 11 is 0. The molecule has 3 saturated carbocycles. The van der Waals surface area contributed by atoms with Crippen LogP contribution in [0.25, 0.3) is 0 Å². The summed E-state index contributed by atoms with van der Waals surface area (Å²) in [5.41, 5.74) is -0.191. The maximum atomic E-state index is 14.6. The van der Waals surface area contributed by atoms with Crippen LogP contribution in [0.2, 0.25) is 0 Å². The first-order valence-corrected chi connectivity index (χ1v) is 9.04. The van der Waals surface area contributed by atoms with Crippen LogP contribution in [-0.4, -0.2) is 34.4 Å². The molecule has 0 saturated heterocycles. The third-order valence-corrected chi connectivity index (χ3v) is 7.94. The second kappa shape index (κ2) is 4.89. The summed E-state index contributed by atoms with van der Waals surface area (Å²) in [6.45, 7) is 4.10. The van der Waals surface area contributed by atoms with Gasteiger partial charge in [0.05, 0.1) is 12.2 Å². The zero-order valence-electron chi connectivity index (χ0n) is 14.0. The van der Waals surface area contributed by atoms with Crippen LogP contribution < -0.4 is 0 Å². The van der Waals surface area contributed by atoms with Crippen molar-refractivity contribution in [1.29, 1.82) is 0 Å². The van der Waals surface area contributed by atoms with E-state index in [0.717, 1.165) is 25.7 Å². The summed E-state index contributed by atoms with van der Waals surface area (Å²) in [5.74, 6) is 1.32. The van der Waals surface area contributed by atoms with E-state index >= 15 is 0 Å². The molecular weight excluding hydrogens is 295 g/mol. The minimum Gasteiger partial charge on any atom is -0.392 e. The molecule has 3 unspecified atom stereocenters. The maximum Gasteiger partial charge on any atom is 0.148 e. The van der Waals surface area contributed by atoms with E-state index in [9.17, 15) is 19.4 Å². The average Bonchev–Trinajstić information content (AvgIpc) is 2.81. The lowest BCUT2D eigenvalue weighted by molar-refractivity contribution is -0.138. The van der Waals surface area contributed by atoms with Crippen molar-refractivity contribution in [3.63, 3.8) is 0 Å². The van der Waals surface area contributed by atoms with Gasteiger partial charge in [-0.1, -0.05) is 19.9 Å². The number of aliphatic hydroxyl groups excluding tert-OH is 2. The third-order valence-electron chi connectivity index (χ3n) is 7.94. The molecule has 4 heteroatoms. The molecule has 128 valence electrons. The molecule has 4 rings (SSSR count). The van der Waals surface area contributed by atoms with Gasteiger partial charge in [0.1, 0.15) is 12.0 Å². The van der Waals surface area contributed by atoms with Gasteiger partial charge in [0, 0.05) is 23.7 Å². The molecular formula is C19H27FO3. The number of alkyl halides is 1. The average molecular weight is 322 g/mol. The number of carbonyl (C=O) groups is 1. The van der Waals surface area contributed by atoms with Crippen LogP contribution in [0, 0.1) is 28.6 Å². The van der Waals surface area contributed by atoms with Crippen molar-refractivity contribution in [3.8, 4) is 0 Å². The first-order chi connectivity index (χ1) is 10.8. The molecule has 0 bridgehead atoms. The second-order valence-electron chi connectivity index (χ2n) is 8.69. The van der Waals surface area contributed by atoms with E-state index < -0.39 is 23.8 Å². The molecule has 0 aromatic heterocycles. The van der Waals surface area contributed by atoms with Gasteiger partial charge in [-0.15, -0.1) is 0 Å². The fourth-order valence-electron chi connectivity index (χ4n) is 6.48. The Kier molecular flexibility index (Phi) is 3.35. The molecule has 0 radical (unpaired) electrons. The van der Waals surface area contributed by atoms with Crippen molar-refractivity contribution in [3.05, 3.63) is 11.6 Å². The molecule has 0 aromatic carbocycles. The molecule has 0 amide bonds. The number of rotatable bonds is 0. The predicted molar refractivity (Wildman–Crippen MR) is 84.4 cm³/mol. The number of carbonyl (C=O) groups excluding carboxylic acids is 1. The van der Waals surface area contributed by atoms with E-state index in [1.54, 1.807) is 0 Å². The Morgan fingerprint density at radius 1 is 1.22 bits per heavy atom. The Morgan fingerprint density at radius 3 is 2.70 bits per heavy atom. The summed E-state index contributed by atoms with van der Waals surface area (Å²) in [7, 11) is 0. The summed E-state index contributed by atoms with van der Waals surface area (Å²) in [6.07, 6.45) is 3.01. The second-order valence-corrected chi connectivity index (χ2v) is 8.69. The summed E-state index contributed by atoms with van der Waals surface area (Å²) in [5, 5.41) is 20.6. The van der Waals surface area contributed by atoms with Crippen molar-refractivity contribution >= 4 is 5.78 Å². The van der Waals surface area contributed by atoms with Crippen LogP contribution in [0.15, 0.2) is 11.6 Å². The van der Waals surface area contributed by atoms with E-state index in [2.05, 4.69) is 6.92 Å². The van der Waals surface area contributed by atoms with E-state index in [4.69, 9.17) is 0 Å². The van der Waals surface area contributed by atoms with Gasteiger partial charge in [-0.25, -0.2) is 4.39 Å². The molecule has 0 heterocycles. The Labute approximate surface area is 137 Å². The minimum absolute atomic E-state index is 0.110. The highest BCUT2D eigenvalue weighted by Gasteiger charge is 2.62. The van der Waals surface area contributed by atoms with Crippen LogP contribution in [0.4, 0.5) is 4.39 Å². The molecule has 2 N–H and O–H groups in total. The number of fused-ring (bicyclic) bond motifs is 5. The molecule has 0 aliphatic heterocycles. The summed E-state index contributed by atoms with van der Waals surface area (Å²) in [4.78, 5) is 12.4. The highest BCUT2D eigenvalue weighted by molar-refractivity contribution is 5.87. The number of ketones is 1. The Morgan fingerprint density at radius 2 is 1.96 bits per heavy atom. The molecule has 23 heavy (non-hydrogen) atoms. The highest BCUT2D eigenvalue weighted by atomic mass is 19.1. The van der Waals surface area contributed by atoms with Crippen LogP contribution in [0.5, 0.6) is 0 Å². The lowest BCUT2D eigenvalue weighted by Crippen LogP contribution is -2.58. The van der Waals surface area contributed by atoms with E-state index in [1.165, 1.54) is 0 Å². The van der Waals surface area contributed by atoms with Gasteiger partial charge in [-0.2, -0.15) is 0 Å². The quantitative estimate of drug-likeness (QED) is 0.674. The van der Waals surface area contributed by atoms with Gasteiger partial charge in [-0.3, -0.25) is 4.79 Å². The Balaban J connectivity index is 1.75. The standard InChI is InChI=1S/C19H27FO3/c1-18-8-7-12-10(11(18)5-6-15(18)22)3-4-13-17(20)14(21)9-16(23)19(12,13)2/h4,10-12,14,16-17,21,23H,3,5-9H2,1-2H3/t10-,11-,12+,14?,16?,17?,18-,19+/m0/s1. The topological polar surface area (TPSA) is 57.5 Å². The SMILES string of the molecule is C[C@]12CC[C@@H]3[C@@H](CC=C4C(F)C(O)CC(O)[C@@]43C)[C@@H]1CCC2=O. The van der Waals surface area contributed by atoms with Crippen molar-refractivity contribution in [2.75, 3.05) is 0 Å². The largest absolute Gasteiger partial charge is 0.392 e. The monoisotopic (exact) mass is 322 g/mol. The smallest absolute Gasteiger partial charge is 0.148 e. The van der Waals surface area contributed by atoms with E-state index in [-0.39, 0.29) is 17.8 Å². The number of halogens is 1. The van der Waals surface area contributed by atoms with Crippen molar-refractivity contribution < 1.29 is 19.4 Å². The highest BCUT2D eigenvalue weighted by Crippen LogP contribution is 2.64. The van der Waals surface area contributed by atoms with E-state index in [0.29, 0.717) is 29.6 Å². The number of hydrogen-bond donors (Lipinski definition) is 2. The molecule has 0 aromatic rings. The summed E-state index contributed by atoms with van der Waals surface area (Å²) in [6, 6.07) is 0. The van der Waals surface area contributed by atoms with Gasteiger partial charge in [0.25, 0.3) is 0 Å². The third kappa shape index (κ3) is 1.85. The molecule has 3 fully saturated rings. The van der Waals surface area contributed by atoms with Gasteiger partial charge in [0.2, 0.25) is 0 Å². The molecule has 4 aliphatic carbocycles. The van der Waals surface area contributed by atoms with Gasteiger partial charge >= 0.3 is 0 Å². The van der Waals surface area contributed by atoms with Crippen LogP contribution in [0.1, 0.15) is 52.4 Å². The van der Waals surface area contributed by atoms with Crippen molar-refractivity contribution in [2.24, 2.45) is 28.6 Å². The Hall–Kier alpha value is -0.740. The normalized spacial score (nSPS) is 55.7. The fourth-order valence-corrected chi connectivity index (χ4v) is 6.48. The van der Waals surface area contributed by atoms with Crippen LogP contribution >= 0.6 is 0 Å². The van der Waals surface area contributed by atoms with Gasteiger partial charge in [0.15, 0.2) is 0 Å². The number of Topliss-reactive ketones (excluding diaryl/α,β-unsaturated/α-hetero) is 1. The van der Waals surface area contributed by atoms with Crippen LogP contribution in [-0.2, 0) is 4.79 Å². The number of allylic oxidation sites excluding steroid dienone is 1. The maximum absolute atomic E-state index is 14.6. The molecule has 0 spiro atoms. The molecule has 4 aliphatic rings. The zero-order chi connectivity index (χ0) is 16.6.